The van der Waals surface area contributed by atoms with Gasteiger partial charge in [-0.2, -0.15) is 0 Å². The van der Waals surface area contributed by atoms with Crippen LogP contribution in [0.2, 0.25) is 0 Å². The smallest absolute Gasteiger partial charge is 0.317 e. The lowest BCUT2D eigenvalue weighted by Crippen LogP contribution is -2.53. The normalized spacial score (nSPS) is 20.5. The number of benzene rings is 1. The van der Waals surface area contributed by atoms with Crippen molar-refractivity contribution in [3.05, 3.63) is 35.6 Å². The minimum atomic E-state index is -0.745. The highest BCUT2D eigenvalue weighted by Crippen LogP contribution is 2.29. The van der Waals surface area contributed by atoms with Crippen LogP contribution in [0.4, 0.5) is 0 Å². The standard InChI is InChI=1S/C19H26N2O3/c1-3-17-16(15-7-5-6-8-18(15)24-17)11-20-13-9-14(10-13)21(4-2)12-19(22)23/h5-8,13-14,20H,3-4,9-12H2,1-2H3,(H,22,23). The summed E-state index contributed by atoms with van der Waals surface area (Å²) in [6.45, 7) is 5.87. The Labute approximate surface area is 142 Å². The van der Waals surface area contributed by atoms with E-state index < -0.39 is 5.97 Å². The number of carboxylic acid groups (broad SMARTS) is 1. The molecular formula is C19H26N2O3. The summed E-state index contributed by atoms with van der Waals surface area (Å²) in [7, 11) is 0. The summed E-state index contributed by atoms with van der Waals surface area (Å²) in [5.74, 6) is 0.311. The number of carbonyl (C=O) groups is 1. The third kappa shape index (κ3) is 3.47. The second-order valence-corrected chi connectivity index (χ2v) is 6.51. The van der Waals surface area contributed by atoms with Crippen LogP contribution in [0, 0.1) is 0 Å². The highest BCUT2D eigenvalue weighted by Gasteiger charge is 2.33. The summed E-state index contributed by atoms with van der Waals surface area (Å²) < 4.78 is 5.94. The number of rotatable bonds is 8. The van der Waals surface area contributed by atoms with Gasteiger partial charge in [0.25, 0.3) is 0 Å². The fraction of sp³-hybridized carbons (Fsp3) is 0.526. The van der Waals surface area contributed by atoms with Gasteiger partial charge in [-0.15, -0.1) is 0 Å². The first-order valence-electron chi connectivity index (χ1n) is 8.80. The molecular weight excluding hydrogens is 304 g/mol. The molecule has 0 aliphatic heterocycles. The van der Waals surface area contributed by atoms with Crippen LogP contribution in [0.25, 0.3) is 11.0 Å². The van der Waals surface area contributed by atoms with Crippen molar-refractivity contribution in [2.75, 3.05) is 13.1 Å². The predicted octanol–water partition coefficient (Wildman–Crippen LogP) is 3.02. The number of likely N-dealkylation sites (N-methyl/N-ethyl adjacent to an activating group) is 1. The van der Waals surface area contributed by atoms with Gasteiger partial charge in [-0.05, 0) is 25.5 Å². The van der Waals surface area contributed by atoms with Crippen molar-refractivity contribution in [2.24, 2.45) is 0 Å². The van der Waals surface area contributed by atoms with E-state index in [-0.39, 0.29) is 6.54 Å². The predicted molar refractivity (Wildman–Crippen MR) is 94.1 cm³/mol. The Kier molecular flexibility index (Phi) is 5.21. The van der Waals surface area contributed by atoms with Crippen molar-refractivity contribution < 1.29 is 14.3 Å². The molecule has 5 nitrogen and oxygen atoms in total. The number of nitrogens with one attached hydrogen (secondary N) is 1. The molecule has 1 saturated carbocycles. The van der Waals surface area contributed by atoms with Crippen molar-refractivity contribution in [3.63, 3.8) is 0 Å². The number of carboxylic acids is 1. The van der Waals surface area contributed by atoms with Crippen LogP contribution in [-0.2, 0) is 17.8 Å². The lowest BCUT2D eigenvalue weighted by Gasteiger charge is -2.42. The minimum absolute atomic E-state index is 0.139. The average molecular weight is 330 g/mol. The maximum atomic E-state index is 10.9. The van der Waals surface area contributed by atoms with Gasteiger partial charge < -0.3 is 14.8 Å². The molecule has 0 unspecified atom stereocenters. The van der Waals surface area contributed by atoms with Crippen molar-refractivity contribution in [2.45, 2.75) is 51.7 Å². The van der Waals surface area contributed by atoms with Gasteiger partial charge in [0.05, 0.1) is 6.54 Å². The van der Waals surface area contributed by atoms with Crippen molar-refractivity contribution >= 4 is 16.9 Å². The van der Waals surface area contributed by atoms with Crippen LogP contribution in [0.3, 0.4) is 0 Å². The van der Waals surface area contributed by atoms with Gasteiger partial charge in [-0.3, -0.25) is 9.69 Å². The molecule has 1 aliphatic carbocycles. The minimum Gasteiger partial charge on any atom is -0.480 e. The number of nitrogens with zero attached hydrogens (tertiary/aromatic N) is 1. The number of fused-ring (bicyclic) bond motifs is 1. The van der Waals surface area contributed by atoms with Gasteiger partial charge in [0.1, 0.15) is 11.3 Å². The van der Waals surface area contributed by atoms with E-state index in [0.29, 0.717) is 12.1 Å². The summed E-state index contributed by atoms with van der Waals surface area (Å²) in [6.07, 6.45) is 2.91. The first-order chi connectivity index (χ1) is 11.6. The Morgan fingerprint density at radius 1 is 1.33 bits per heavy atom. The SMILES string of the molecule is CCc1oc2ccccc2c1CNC1CC(N(CC)CC(=O)O)C1. The number of hydrogen-bond acceptors (Lipinski definition) is 4. The van der Waals surface area contributed by atoms with Gasteiger partial charge in [0.2, 0.25) is 0 Å². The molecule has 24 heavy (non-hydrogen) atoms. The molecule has 3 rings (SSSR count). The molecule has 0 amide bonds. The zero-order valence-corrected chi connectivity index (χ0v) is 14.4. The Bertz CT molecular complexity index is 704. The largest absolute Gasteiger partial charge is 0.480 e. The maximum Gasteiger partial charge on any atom is 0.317 e. The van der Waals surface area contributed by atoms with E-state index in [1.165, 1.54) is 10.9 Å². The molecule has 1 fully saturated rings. The van der Waals surface area contributed by atoms with Crippen molar-refractivity contribution in [1.29, 1.82) is 0 Å². The van der Waals surface area contributed by atoms with Gasteiger partial charge >= 0.3 is 5.97 Å². The molecule has 1 aliphatic rings. The molecule has 0 bridgehead atoms. The molecule has 0 atom stereocenters. The molecule has 2 N–H and O–H groups in total. The Hall–Kier alpha value is -1.85. The van der Waals surface area contributed by atoms with Crippen LogP contribution in [-0.4, -0.2) is 41.1 Å². The summed E-state index contributed by atoms with van der Waals surface area (Å²) in [5, 5.41) is 13.8. The number of aliphatic carboxylic acids is 1. The molecule has 0 spiro atoms. The maximum absolute atomic E-state index is 10.9. The van der Waals surface area contributed by atoms with Crippen LogP contribution in [0.1, 0.15) is 38.0 Å². The van der Waals surface area contributed by atoms with Crippen LogP contribution in [0.5, 0.6) is 0 Å². The van der Waals surface area contributed by atoms with Gasteiger partial charge in [-0.1, -0.05) is 32.0 Å². The van der Waals surface area contributed by atoms with Gasteiger partial charge in [0.15, 0.2) is 0 Å². The van der Waals surface area contributed by atoms with Crippen LogP contribution in [0.15, 0.2) is 28.7 Å². The number of aryl methyl sites for hydroxylation is 1. The average Bonchev–Trinajstić information content (AvgIpc) is 2.89. The highest BCUT2D eigenvalue weighted by molar-refractivity contribution is 5.82. The molecule has 1 aromatic carbocycles. The first-order valence-corrected chi connectivity index (χ1v) is 8.80. The van der Waals surface area contributed by atoms with Gasteiger partial charge in [0, 0.05) is 36.0 Å². The van der Waals surface area contributed by atoms with E-state index >= 15 is 0 Å². The zero-order chi connectivity index (χ0) is 17.1. The van der Waals surface area contributed by atoms with Gasteiger partial charge in [-0.25, -0.2) is 0 Å². The molecule has 130 valence electrons. The number of hydrogen-bond donors (Lipinski definition) is 2. The molecule has 1 heterocycles. The summed E-state index contributed by atoms with van der Waals surface area (Å²) in [4.78, 5) is 12.9. The summed E-state index contributed by atoms with van der Waals surface area (Å²) in [5.41, 5.74) is 2.21. The third-order valence-corrected chi connectivity index (χ3v) is 5.04. The van der Waals surface area contributed by atoms with E-state index in [2.05, 4.69) is 18.3 Å². The fourth-order valence-corrected chi connectivity index (χ4v) is 3.60. The molecule has 2 aromatic rings. The Morgan fingerprint density at radius 3 is 2.75 bits per heavy atom. The van der Waals surface area contributed by atoms with E-state index in [0.717, 1.165) is 43.7 Å². The second kappa shape index (κ2) is 7.36. The summed E-state index contributed by atoms with van der Waals surface area (Å²) in [6, 6.07) is 9.02. The first kappa shape index (κ1) is 17.0. The lowest BCUT2D eigenvalue weighted by molar-refractivity contribution is -0.139. The number of furan rings is 1. The van der Waals surface area contributed by atoms with Crippen LogP contribution >= 0.6 is 0 Å². The van der Waals surface area contributed by atoms with Crippen molar-refractivity contribution in [1.82, 2.24) is 10.2 Å². The monoisotopic (exact) mass is 330 g/mol. The van der Waals surface area contributed by atoms with E-state index in [1.807, 2.05) is 30.0 Å². The zero-order valence-electron chi connectivity index (χ0n) is 14.4. The van der Waals surface area contributed by atoms with E-state index in [1.54, 1.807) is 0 Å². The lowest BCUT2D eigenvalue weighted by atomic mass is 9.85. The quantitative estimate of drug-likeness (QED) is 0.779. The molecule has 0 saturated heterocycles. The third-order valence-electron chi connectivity index (χ3n) is 5.04. The molecule has 0 radical (unpaired) electrons. The highest BCUT2D eigenvalue weighted by atomic mass is 16.4. The Morgan fingerprint density at radius 2 is 2.08 bits per heavy atom. The summed E-state index contributed by atoms with van der Waals surface area (Å²) >= 11 is 0. The van der Waals surface area contributed by atoms with Crippen molar-refractivity contribution in [3.8, 4) is 0 Å². The fourth-order valence-electron chi connectivity index (χ4n) is 3.60. The van der Waals surface area contributed by atoms with E-state index in [4.69, 9.17) is 9.52 Å². The second-order valence-electron chi connectivity index (χ2n) is 6.51. The number of para-hydroxylation sites is 1. The van der Waals surface area contributed by atoms with E-state index in [9.17, 15) is 4.79 Å². The molecule has 1 aromatic heterocycles. The Balaban J connectivity index is 1.57. The topological polar surface area (TPSA) is 65.7 Å². The van der Waals surface area contributed by atoms with Crippen LogP contribution < -0.4 is 5.32 Å². The molecule has 5 heteroatoms.